The molecule has 10 aromatic rings. The summed E-state index contributed by atoms with van der Waals surface area (Å²) in [5.74, 6) is 0. The van der Waals surface area contributed by atoms with Crippen LogP contribution in [-0.2, 0) is 0 Å². The van der Waals surface area contributed by atoms with Crippen molar-refractivity contribution in [3.8, 4) is 55.6 Å². The van der Waals surface area contributed by atoms with E-state index in [0.29, 0.717) is 0 Å². The van der Waals surface area contributed by atoms with Crippen molar-refractivity contribution in [3.63, 3.8) is 0 Å². The lowest BCUT2D eigenvalue weighted by atomic mass is 9.84. The van der Waals surface area contributed by atoms with Crippen molar-refractivity contribution in [1.82, 2.24) is 0 Å². The number of hydrogen-bond donors (Lipinski definition) is 0. The molecule has 238 valence electrons. The minimum absolute atomic E-state index is 0.889. The summed E-state index contributed by atoms with van der Waals surface area (Å²) in [7, 11) is 0. The van der Waals surface area contributed by atoms with Crippen LogP contribution in [0.15, 0.2) is 199 Å². The highest BCUT2D eigenvalue weighted by molar-refractivity contribution is 6.22. The number of benzene rings is 9. The zero-order chi connectivity index (χ0) is 33.7. The van der Waals surface area contributed by atoms with E-state index in [4.69, 9.17) is 4.42 Å². The van der Waals surface area contributed by atoms with Crippen LogP contribution in [0.5, 0.6) is 0 Å². The molecule has 0 N–H and O–H groups in total. The summed E-state index contributed by atoms with van der Waals surface area (Å²) in [5, 5.41) is 7.25. The van der Waals surface area contributed by atoms with Crippen LogP contribution in [0.25, 0.3) is 99.1 Å². The molecule has 10 rings (SSSR count). The maximum atomic E-state index is 6.51. The fourth-order valence-corrected chi connectivity index (χ4v) is 8.11. The number of fused-ring (bicyclic) bond motifs is 5. The van der Waals surface area contributed by atoms with E-state index >= 15 is 0 Å². The van der Waals surface area contributed by atoms with Gasteiger partial charge in [0.1, 0.15) is 11.2 Å². The highest BCUT2D eigenvalue weighted by atomic mass is 16.3. The summed E-state index contributed by atoms with van der Waals surface area (Å²) in [6.45, 7) is 0. The quantitative estimate of drug-likeness (QED) is 0.169. The minimum Gasteiger partial charge on any atom is -0.456 e. The third-order valence-electron chi connectivity index (χ3n) is 10.3. The van der Waals surface area contributed by atoms with Crippen molar-refractivity contribution in [1.29, 1.82) is 0 Å². The summed E-state index contributed by atoms with van der Waals surface area (Å²) >= 11 is 0. The Morgan fingerprint density at radius 3 is 1.37 bits per heavy atom. The highest BCUT2D eigenvalue weighted by Gasteiger charge is 2.21. The van der Waals surface area contributed by atoms with Crippen LogP contribution in [0, 0.1) is 0 Å². The molecule has 0 saturated heterocycles. The zero-order valence-corrected chi connectivity index (χ0v) is 27.9. The zero-order valence-electron chi connectivity index (χ0n) is 27.9. The van der Waals surface area contributed by atoms with E-state index in [9.17, 15) is 0 Å². The van der Waals surface area contributed by atoms with Gasteiger partial charge in [0.2, 0.25) is 0 Å². The molecule has 51 heavy (non-hydrogen) atoms. The Hall–Kier alpha value is -6.70. The predicted molar refractivity (Wildman–Crippen MR) is 216 cm³/mol. The van der Waals surface area contributed by atoms with Gasteiger partial charge in [-0.2, -0.15) is 0 Å². The number of rotatable bonds is 5. The molecule has 0 radical (unpaired) electrons. The number of hydrogen-bond acceptors (Lipinski definition) is 1. The summed E-state index contributed by atoms with van der Waals surface area (Å²) in [5.41, 5.74) is 13.8. The molecule has 1 aromatic heterocycles. The average molecular weight is 649 g/mol. The molecule has 0 aliphatic rings. The molecular formula is C50H32O. The van der Waals surface area contributed by atoms with E-state index in [1.54, 1.807) is 0 Å². The van der Waals surface area contributed by atoms with E-state index in [2.05, 4.69) is 188 Å². The van der Waals surface area contributed by atoms with Gasteiger partial charge < -0.3 is 4.42 Å². The molecular weight excluding hydrogens is 617 g/mol. The fraction of sp³-hybridized carbons (Fsp3) is 0. The standard InChI is InChI=1S/C50H32O/c1-3-16-33(17-4-1)37-22-7-8-23-38(37)43-30-31-46-50(44-28-13-14-29-45(44)51-46)49(43)36-21-15-20-35(32-36)48-41-26-11-9-24-39(41)47(34-18-5-2-6-19-34)40-25-10-12-27-42(40)48/h1-32H. The molecule has 0 fully saturated rings. The third-order valence-corrected chi connectivity index (χ3v) is 10.3. The van der Waals surface area contributed by atoms with Gasteiger partial charge in [-0.25, -0.2) is 0 Å². The molecule has 1 nitrogen and oxygen atoms in total. The fourth-order valence-electron chi connectivity index (χ4n) is 8.11. The van der Waals surface area contributed by atoms with Gasteiger partial charge >= 0.3 is 0 Å². The lowest BCUT2D eigenvalue weighted by Crippen LogP contribution is -1.92. The van der Waals surface area contributed by atoms with E-state index in [0.717, 1.165) is 27.5 Å². The van der Waals surface area contributed by atoms with Crippen molar-refractivity contribution in [2.24, 2.45) is 0 Å². The summed E-state index contributed by atoms with van der Waals surface area (Å²) < 4.78 is 6.51. The Bertz CT molecular complexity index is 2840. The van der Waals surface area contributed by atoms with Crippen LogP contribution in [-0.4, -0.2) is 0 Å². The first-order valence-corrected chi connectivity index (χ1v) is 17.5. The van der Waals surface area contributed by atoms with Crippen LogP contribution in [0.2, 0.25) is 0 Å². The average Bonchev–Trinajstić information content (AvgIpc) is 3.59. The van der Waals surface area contributed by atoms with Crippen LogP contribution in [0.4, 0.5) is 0 Å². The van der Waals surface area contributed by atoms with Crippen molar-refractivity contribution < 1.29 is 4.42 Å². The normalized spacial score (nSPS) is 11.5. The van der Waals surface area contributed by atoms with Gasteiger partial charge in [-0.3, -0.25) is 0 Å². The Morgan fingerprint density at radius 2 is 0.725 bits per heavy atom. The maximum Gasteiger partial charge on any atom is 0.136 e. The molecule has 0 unspecified atom stereocenters. The first kappa shape index (κ1) is 29.2. The van der Waals surface area contributed by atoms with Crippen molar-refractivity contribution in [2.45, 2.75) is 0 Å². The van der Waals surface area contributed by atoms with Crippen molar-refractivity contribution in [2.75, 3.05) is 0 Å². The maximum absolute atomic E-state index is 6.51. The summed E-state index contributed by atoms with van der Waals surface area (Å²) in [6.07, 6.45) is 0. The molecule has 0 bridgehead atoms. The molecule has 1 heterocycles. The summed E-state index contributed by atoms with van der Waals surface area (Å²) in [4.78, 5) is 0. The predicted octanol–water partition coefficient (Wildman–Crippen LogP) is 14.2. The monoisotopic (exact) mass is 648 g/mol. The van der Waals surface area contributed by atoms with Gasteiger partial charge in [-0.15, -0.1) is 0 Å². The van der Waals surface area contributed by atoms with Crippen molar-refractivity contribution >= 4 is 43.5 Å². The molecule has 0 spiro atoms. The molecule has 0 aliphatic carbocycles. The van der Waals surface area contributed by atoms with E-state index in [-0.39, 0.29) is 0 Å². The number of para-hydroxylation sites is 1. The Labute approximate surface area is 296 Å². The first-order chi connectivity index (χ1) is 25.3. The lowest BCUT2D eigenvalue weighted by Gasteiger charge is -2.19. The molecule has 0 atom stereocenters. The Balaban J connectivity index is 1.28. The lowest BCUT2D eigenvalue weighted by molar-refractivity contribution is 0.669. The van der Waals surface area contributed by atoms with Crippen molar-refractivity contribution in [3.05, 3.63) is 194 Å². The second kappa shape index (κ2) is 12.0. The Kier molecular flexibility index (Phi) is 6.89. The van der Waals surface area contributed by atoms with Crippen LogP contribution in [0.3, 0.4) is 0 Å². The van der Waals surface area contributed by atoms with E-state index in [1.807, 2.05) is 6.07 Å². The molecule has 1 heteroatoms. The van der Waals surface area contributed by atoms with Crippen LogP contribution < -0.4 is 0 Å². The van der Waals surface area contributed by atoms with Gasteiger partial charge in [0.05, 0.1) is 0 Å². The SMILES string of the molecule is c1ccc(-c2ccccc2-c2ccc3oc4ccccc4c3c2-c2cccc(-c3c4ccccc4c(-c4ccccc4)c4ccccc34)c2)cc1. The van der Waals surface area contributed by atoms with Crippen LogP contribution >= 0.6 is 0 Å². The third kappa shape index (κ3) is 4.78. The van der Waals surface area contributed by atoms with E-state index < -0.39 is 0 Å². The highest BCUT2D eigenvalue weighted by Crippen LogP contribution is 2.48. The first-order valence-electron chi connectivity index (χ1n) is 17.5. The molecule has 9 aromatic carbocycles. The smallest absolute Gasteiger partial charge is 0.136 e. The molecule has 0 saturated carbocycles. The summed E-state index contributed by atoms with van der Waals surface area (Å²) in [6, 6.07) is 69.9. The second-order valence-electron chi connectivity index (χ2n) is 13.2. The number of furan rings is 1. The topological polar surface area (TPSA) is 13.1 Å². The van der Waals surface area contributed by atoms with Gasteiger partial charge in [-0.05, 0) is 95.9 Å². The largest absolute Gasteiger partial charge is 0.456 e. The second-order valence-corrected chi connectivity index (χ2v) is 13.2. The molecule has 0 amide bonds. The van der Waals surface area contributed by atoms with Gasteiger partial charge in [0, 0.05) is 16.3 Å². The van der Waals surface area contributed by atoms with Gasteiger partial charge in [-0.1, -0.05) is 170 Å². The van der Waals surface area contributed by atoms with Gasteiger partial charge in [0.15, 0.2) is 0 Å². The Morgan fingerprint density at radius 1 is 0.255 bits per heavy atom. The van der Waals surface area contributed by atoms with E-state index in [1.165, 1.54) is 71.6 Å². The van der Waals surface area contributed by atoms with Crippen LogP contribution in [0.1, 0.15) is 0 Å². The molecule has 0 aliphatic heterocycles. The minimum atomic E-state index is 0.889. The van der Waals surface area contributed by atoms with Gasteiger partial charge in [0.25, 0.3) is 0 Å².